The third kappa shape index (κ3) is 4.55. The van der Waals surface area contributed by atoms with Crippen molar-refractivity contribution in [2.45, 2.75) is 26.0 Å². The van der Waals surface area contributed by atoms with E-state index in [-0.39, 0.29) is 23.4 Å². The first-order valence-corrected chi connectivity index (χ1v) is 7.18. The molecule has 0 radical (unpaired) electrons. The second kappa shape index (κ2) is 7.76. The molecule has 0 spiro atoms. The van der Waals surface area contributed by atoms with Crippen LogP contribution < -0.4 is 14.8 Å². The number of methoxy groups -OCH3 is 1. The lowest BCUT2D eigenvalue weighted by atomic mass is 10.0. The highest BCUT2D eigenvalue weighted by atomic mass is 19.3. The van der Waals surface area contributed by atoms with Gasteiger partial charge in [-0.1, -0.05) is 19.1 Å². The van der Waals surface area contributed by atoms with Crippen molar-refractivity contribution in [1.29, 1.82) is 0 Å². The Balaban J connectivity index is 2.21. The first-order chi connectivity index (χ1) is 11.0. The number of anilines is 1. The molecule has 0 aliphatic heterocycles. The highest BCUT2D eigenvalue weighted by Gasteiger charge is 2.14. The number of ether oxygens (including phenoxy) is 2. The summed E-state index contributed by atoms with van der Waals surface area (Å²) < 4.78 is 47.4. The molecule has 0 saturated heterocycles. The number of halogens is 3. The fourth-order valence-electron chi connectivity index (χ4n) is 2.27. The maximum Gasteiger partial charge on any atom is 0.387 e. The maximum atomic E-state index is 13.0. The number of hydrogen-bond donors (Lipinski definition) is 1. The summed E-state index contributed by atoms with van der Waals surface area (Å²) in [6, 6.07) is 10.8. The molecule has 0 amide bonds. The van der Waals surface area contributed by atoms with Crippen LogP contribution in [-0.4, -0.2) is 13.7 Å². The van der Waals surface area contributed by atoms with Gasteiger partial charge in [-0.05, 0) is 36.2 Å². The summed E-state index contributed by atoms with van der Waals surface area (Å²) in [5.74, 6) is -0.118. The molecule has 1 atom stereocenters. The lowest BCUT2D eigenvalue weighted by molar-refractivity contribution is -0.0511. The van der Waals surface area contributed by atoms with Gasteiger partial charge in [-0.3, -0.25) is 0 Å². The van der Waals surface area contributed by atoms with Crippen LogP contribution in [0.3, 0.4) is 0 Å². The normalized spacial score (nSPS) is 12.1. The van der Waals surface area contributed by atoms with Crippen LogP contribution >= 0.6 is 0 Å². The van der Waals surface area contributed by atoms with Crippen LogP contribution in [0, 0.1) is 5.82 Å². The van der Waals surface area contributed by atoms with Gasteiger partial charge in [-0.15, -0.1) is 0 Å². The Morgan fingerprint density at radius 3 is 2.30 bits per heavy atom. The molecule has 3 nitrogen and oxygen atoms in total. The molecule has 0 heterocycles. The molecule has 124 valence electrons. The summed E-state index contributed by atoms with van der Waals surface area (Å²) in [6.45, 7) is -0.959. The zero-order valence-electron chi connectivity index (χ0n) is 12.9. The Morgan fingerprint density at radius 2 is 1.74 bits per heavy atom. The van der Waals surface area contributed by atoms with Gasteiger partial charge < -0.3 is 14.8 Å². The molecule has 0 saturated carbocycles. The number of hydrogen-bond acceptors (Lipinski definition) is 3. The summed E-state index contributed by atoms with van der Waals surface area (Å²) in [7, 11) is 1.38. The Hall–Kier alpha value is -2.37. The van der Waals surface area contributed by atoms with E-state index < -0.39 is 6.61 Å². The van der Waals surface area contributed by atoms with Crippen molar-refractivity contribution in [1.82, 2.24) is 0 Å². The first kappa shape index (κ1) is 17.0. The summed E-state index contributed by atoms with van der Waals surface area (Å²) in [5.41, 5.74) is 1.51. The number of nitrogens with one attached hydrogen (secondary N) is 1. The highest BCUT2D eigenvalue weighted by Crippen LogP contribution is 2.33. The zero-order chi connectivity index (χ0) is 16.8. The van der Waals surface area contributed by atoms with E-state index in [9.17, 15) is 13.2 Å². The van der Waals surface area contributed by atoms with Gasteiger partial charge in [-0.25, -0.2) is 4.39 Å². The second-order valence-corrected chi connectivity index (χ2v) is 4.90. The van der Waals surface area contributed by atoms with Crippen molar-refractivity contribution in [3.63, 3.8) is 0 Å². The third-order valence-electron chi connectivity index (χ3n) is 3.40. The average molecular weight is 325 g/mol. The summed E-state index contributed by atoms with van der Waals surface area (Å²) in [4.78, 5) is 0. The zero-order valence-corrected chi connectivity index (χ0v) is 12.9. The molecule has 0 aromatic heterocycles. The van der Waals surface area contributed by atoms with Crippen molar-refractivity contribution >= 4 is 5.69 Å². The Morgan fingerprint density at radius 1 is 1.04 bits per heavy atom. The molecule has 0 fully saturated rings. The van der Waals surface area contributed by atoms with Gasteiger partial charge in [0.2, 0.25) is 0 Å². The van der Waals surface area contributed by atoms with Gasteiger partial charge >= 0.3 is 6.61 Å². The Kier molecular flexibility index (Phi) is 5.73. The minimum atomic E-state index is -2.93. The van der Waals surface area contributed by atoms with E-state index in [4.69, 9.17) is 4.74 Å². The molecule has 0 aliphatic carbocycles. The van der Waals surface area contributed by atoms with Crippen molar-refractivity contribution < 1.29 is 22.6 Å². The standard InChI is InChI=1S/C17H18F3NO2/c1-3-14(11-4-6-12(18)7-5-11)21-13-8-9-15(22-2)16(10-13)23-17(19)20/h4-10,14,17,21H,3H2,1-2H3. The molecule has 23 heavy (non-hydrogen) atoms. The largest absolute Gasteiger partial charge is 0.493 e. The molecule has 2 rings (SSSR count). The molecule has 1 unspecified atom stereocenters. The monoisotopic (exact) mass is 325 g/mol. The van der Waals surface area contributed by atoms with E-state index in [1.54, 1.807) is 24.3 Å². The fourth-order valence-corrected chi connectivity index (χ4v) is 2.27. The predicted molar refractivity (Wildman–Crippen MR) is 82.7 cm³/mol. The van der Waals surface area contributed by atoms with Gasteiger partial charge in [0.1, 0.15) is 5.82 Å². The first-order valence-electron chi connectivity index (χ1n) is 7.18. The lowest BCUT2D eigenvalue weighted by Crippen LogP contribution is -2.10. The molecule has 1 N–H and O–H groups in total. The summed E-state index contributed by atoms with van der Waals surface area (Å²) in [6.07, 6.45) is 0.739. The minimum absolute atomic E-state index is 0.0403. The van der Waals surface area contributed by atoms with E-state index in [0.717, 1.165) is 12.0 Å². The van der Waals surface area contributed by atoms with Gasteiger partial charge in [0.05, 0.1) is 13.2 Å². The van der Waals surface area contributed by atoms with Crippen LogP contribution in [0.15, 0.2) is 42.5 Å². The van der Waals surface area contributed by atoms with Crippen molar-refractivity contribution in [2.75, 3.05) is 12.4 Å². The van der Waals surface area contributed by atoms with Gasteiger partial charge in [0.25, 0.3) is 0 Å². The van der Waals surface area contributed by atoms with E-state index in [1.807, 2.05) is 6.92 Å². The van der Waals surface area contributed by atoms with Crippen LogP contribution in [0.1, 0.15) is 24.9 Å². The van der Waals surface area contributed by atoms with Crippen LogP contribution in [0.2, 0.25) is 0 Å². The Labute approximate surface area is 133 Å². The minimum Gasteiger partial charge on any atom is -0.493 e. The van der Waals surface area contributed by atoms with Crippen LogP contribution in [0.4, 0.5) is 18.9 Å². The van der Waals surface area contributed by atoms with Crippen LogP contribution in [0.5, 0.6) is 11.5 Å². The van der Waals surface area contributed by atoms with Crippen molar-refractivity contribution in [3.8, 4) is 11.5 Å². The van der Waals surface area contributed by atoms with Crippen molar-refractivity contribution in [3.05, 3.63) is 53.8 Å². The molecule has 2 aromatic rings. The SMILES string of the molecule is CCC(Nc1ccc(OC)c(OC(F)F)c1)c1ccc(F)cc1. The topological polar surface area (TPSA) is 30.5 Å². The highest BCUT2D eigenvalue weighted by molar-refractivity contribution is 5.55. The number of alkyl halides is 2. The van der Waals surface area contributed by atoms with Gasteiger partial charge in [0, 0.05) is 11.8 Å². The van der Waals surface area contributed by atoms with Crippen LogP contribution in [-0.2, 0) is 0 Å². The molecule has 6 heteroatoms. The average Bonchev–Trinajstić information content (AvgIpc) is 2.53. The number of benzene rings is 2. The van der Waals surface area contributed by atoms with Crippen LogP contribution in [0.25, 0.3) is 0 Å². The number of rotatable bonds is 7. The van der Waals surface area contributed by atoms with Gasteiger partial charge in [0.15, 0.2) is 11.5 Å². The van der Waals surface area contributed by atoms with Crippen molar-refractivity contribution in [2.24, 2.45) is 0 Å². The third-order valence-corrected chi connectivity index (χ3v) is 3.40. The van der Waals surface area contributed by atoms with E-state index in [1.165, 1.54) is 25.3 Å². The second-order valence-electron chi connectivity index (χ2n) is 4.90. The fraction of sp³-hybridized carbons (Fsp3) is 0.294. The smallest absolute Gasteiger partial charge is 0.387 e. The van der Waals surface area contributed by atoms with E-state index >= 15 is 0 Å². The predicted octanol–water partition coefficient (Wildman–Crippen LogP) is 5.00. The lowest BCUT2D eigenvalue weighted by Gasteiger charge is -2.20. The molecular weight excluding hydrogens is 307 g/mol. The van der Waals surface area contributed by atoms with Gasteiger partial charge in [-0.2, -0.15) is 8.78 Å². The molecule has 2 aromatic carbocycles. The maximum absolute atomic E-state index is 13.0. The quantitative estimate of drug-likeness (QED) is 0.777. The molecule has 0 bridgehead atoms. The Bertz CT molecular complexity index is 632. The van der Waals surface area contributed by atoms with E-state index in [0.29, 0.717) is 5.69 Å². The summed E-state index contributed by atoms with van der Waals surface area (Å²) in [5, 5.41) is 3.23. The molecular formula is C17H18F3NO2. The summed E-state index contributed by atoms with van der Waals surface area (Å²) >= 11 is 0. The molecule has 0 aliphatic rings. The van der Waals surface area contributed by atoms with E-state index in [2.05, 4.69) is 10.1 Å².